The van der Waals surface area contributed by atoms with Gasteiger partial charge in [-0.25, -0.2) is 4.39 Å². The number of nitrogens with zero attached hydrogens (tertiary/aromatic N) is 4. The van der Waals surface area contributed by atoms with E-state index >= 15 is 0 Å². The molecule has 0 radical (unpaired) electrons. The van der Waals surface area contributed by atoms with Crippen LogP contribution in [0.15, 0.2) is 47.0 Å². The quantitative estimate of drug-likeness (QED) is 0.459. The van der Waals surface area contributed by atoms with Gasteiger partial charge in [0.25, 0.3) is 5.69 Å². The molecule has 1 fully saturated rings. The normalized spacial score (nSPS) is 16.9. The van der Waals surface area contributed by atoms with Crippen LogP contribution in [0.25, 0.3) is 11.4 Å². The van der Waals surface area contributed by atoms with Gasteiger partial charge in [-0.15, -0.1) is 0 Å². The second-order valence-electron chi connectivity index (χ2n) is 6.64. The fourth-order valence-electron chi connectivity index (χ4n) is 3.38. The summed E-state index contributed by atoms with van der Waals surface area (Å²) in [4.78, 5) is 17.0. The summed E-state index contributed by atoms with van der Waals surface area (Å²) in [6.07, 6.45) is 1.78. The van der Waals surface area contributed by atoms with Crippen molar-refractivity contribution in [3.8, 4) is 11.4 Å². The maximum Gasteiger partial charge on any atom is 0.271 e. The molecule has 0 amide bonds. The Bertz CT molecular complexity index is 1010. The Morgan fingerprint density at radius 3 is 2.75 bits per heavy atom. The Morgan fingerprint density at radius 1 is 1.25 bits per heavy atom. The first kappa shape index (κ1) is 18.4. The van der Waals surface area contributed by atoms with Gasteiger partial charge in [0.15, 0.2) is 0 Å². The van der Waals surface area contributed by atoms with Crippen molar-refractivity contribution >= 4 is 23.0 Å². The molecule has 3 aromatic rings. The molecule has 0 N–H and O–H groups in total. The maximum atomic E-state index is 13.1. The average molecular weight is 403 g/mol. The zero-order valence-corrected chi connectivity index (χ0v) is 15.5. The molecule has 1 unspecified atom stereocenters. The monoisotopic (exact) mass is 402 g/mol. The summed E-state index contributed by atoms with van der Waals surface area (Å²) in [5.41, 5.74) is 1.39. The molecule has 7 nitrogen and oxygen atoms in total. The van der Waals surface area contributed by atoms with Gasteiger partial charge < -0.3 is 9.42 Å². The minimum Gasteiger partial charge on any atom is -0.370 e. The molecule has 1 saturated heterocycles. The highest BCUT2D eigenvalue weighted by atomic mass is 35.5. The first-order valence-electron chi connectivity index (χ1n) is 8.79. The Morgan fingerprint density at radius 2 is 2.04 bits per heavy atom. The number of hydrogen-bond donors (Lipinski definition) is 0. The van der Waals surface area contributed by atoms with Crippen LogP contribution in [0.2, 0.25) is 5.02 Å². The number of benzene rings is 2. The van der Waals surface area contributed by atoms with Crippen LogP contribution in [0.5, 0.6) is 0 Å². The van der Waals surface area contributed by atoms with Crippen LogP contribution in [-0.2, 0) is 0 Å². The van der Waals surface area contributed by atoms with Gasteiger partial charge in [-0.05, 0) is 43.2 Å². The minimum absolute atomic E-state index is 0.0155. The number of nitro benzene ring substituents is 1. The zero-order chi connectivity index (χ0) is 19.7. The molecule has 1 aliphatic rings. The number of hydrogen-bond acceptors (Lipinski definition) is 6. The van der Waals surface area contributed by atoms with Crippen LogP contribution in [0.1, 0.15) is 24.7 Å². The lowest BCUT2D eigenvalue weighted by molar-refractivity contribution is -0.384. The smallest absolute Gasteiger partial charge is 0.271 e. The molecule has 1 atom stereocenters. The molecule has 144 valence electrons. The van der Waals surface area contributed by atoms with Gasteiger partial charge in [0.05, 0.1) is 21.6 Å². The molecule has 28 heavy (non-hydrogen) atoms. The summed E-state index contributed by atoms with van der Waals surface area (Å²) in [5.74, 6) is 0.625. The molecule has 1 aromatic heterocycles. The molecule has 2 aromatic carbocycles. The van der Waals surface area contributed by atoms with Gasteiger partial charge in [-0.3, -0.25) is 10.1 Å². The van der Waals surface area contributed by atoms with E-state index in [1.54, 1.807) is 18.2 Å². The Hall–Kier alpha value is -3.00. The minimum atomic E-state index is -0.468. The van der Waals surface area contributed by atoms with Crippen molar-refractivity contribution in [1.82, 2.24) is 10.1 Å². The summed E-state index contributed by atoms with van der Waals surface area (Å²) in [6.45, 7) is 1.40. The van der Waals surface area contributed by atoms with E-state index in [2.05, 4.69) is 15.0 Å². The second kappa shape index (κ2) is 7.55. The predicted molar refractivity (Wildman–Crippen MR) is 102 cm³/mol. The van der Waals surface area contributed by atoms with Crippen LogP contribution >= 0.6 is 11.6 Å². The predicted octanol–water partition coefficient (Wildman–Crippen LogP) is 4.82. The summed E-state index contributed by atoms with van der Waals surface area (Å²) in [6, 6.07) is 10.4. The van der Waals surface area contributed by atoms with E-state index in [4.69, 9.17) is 16.1 Å². The molecular weight excluding hydrogens is 387 g/mol. The molecule has 9 heteroatoms. The third kappa shape index (κ3) is 3.68. The first-order chi connectivity index (χ1) is 13.5. The standard InChI is InChI=1S/C19H16ClFN4O3/c20-16-10-15(25(26)27)7-8-17(16)24-9-1-2-13(11-24)19-22-18(23-28-19)12-3-5-14(21)6-4-12/h3-8,10,13H,1-2,9,11H2. The number of halogens is 2. The SMILES string of the molecule is O=[N+]([O-])c1ccc(N2CCCC(c3nc(-c4ccc(F)cc4)no3)C2)c(Cl)c1. The van der Waals surface area contributed by atoms with Gasteiger partial charge in [0.1, 0.15) is 5.82 Å². The largest absolute Gasteiger partial charge is 0.370 e. The van der Waals surface area contributed by atoms with Crippen molar-refractivity contribution in [3.05, 3.63) is 69.3 Å². The lowest BCUT2D eigenvalue weighted by Crippen LogP contribution is -2.34. The van der Waals surface area contributed by atoms with Crippen molar-refractivity contribution in [2.45, 2.75) is 18.8 Å². The van der Waals surface area contributed by atoms with Crippen LogP contribution in [0, 0.1) is 15.9 Å². The van der Waals surface area contributed by atoms with Crippen molar-refractivity contribution < 1.29 is 13.8 Å². The lowest BCUT2D eigenvalue weighted by Gasteiger charge is -2.33. The number of aromatic nitrogens is 2. The van der Waals surface area contributed by atoms with E-state index in [0.717, 1.165) is 25.1 Å². The van der Waals surface area contributed by atoms with Gasteiger partial charge in [0.2, 0.25) is 11.7 Å². The molecular formula is C19H16ClFN4O3. The van der Waals surface area contributed by atoms with Crippen molar-refractivity contribution in [3.63, 3.8) is 0 Å². The number of anilines is 1. The maximum absolute atomic E-state index is 13.1. The molecule has 4 rings (SSSR count). The third-order valence-electron chi connectivity index (χ3n) is 4.80. The molecule has 0 aliphatic carbocycles. The topological polar surface area (TPSA) is 85.3 Å². The average Bonchev–Trinajstić information content (AvgIpc) is 3.19. The van der Waals surface area contributed by atoms with E-state index in [1.807, 2.05) is 0 Å². The van der Waals surface area contributed by atoms with Crippen molar-refractivity contribution in [2.75, 3.05) is 18.0 Å². The lowest BCUT2D eigenvalue weighted by atomic mass is 9.97. The van der Waals surface area contributed by atoms with Crippen LogP contribution < -0.4 is 4.90 Å². The van der Waals surface area contributed by atoms with E-state index < -0.39 is 4.92 Å². The van der Waals surface area contributed by atoms with Gasteiger partial charge in [-0.2, -0.15) is 4.98 Å². The van der Waals surface area contributed by atoms with Crippen LogP contribution in [0.4, 0.5) is 15.8 Å². The van der Waals surface area contributed by atoms with Crippen LogP contribution in [-0.4, -0.2) is 28.2 Å². The summed E-state index contributed by atoms with van der Waals surface area (Å²) in [7, 11) is 0. The summed E-state index contributed by atoms with van der Waals surface area (Å²) >= 11 is 6.27. The molecule has 0 saturated carbocycles. The van der Waals surface area contributed by atoms with Gasteiger partial charge in [0, 0.05) is 30.8 Å². The zero-order valence-electron chi connectivity index (χ0n) is 14.7. The summed E-state index contributed by atoms with van der Waals surface area (Å²) < 4.78 is 18.5. The fourth-order valence-corrected chi connectivity index (χ4v) is 3.67. The first-order valence-corrected chi connectivity index (χ1v) is 9.17. The van der Waals surface area contributed by atoms with E-state index in [0.29, 0.717) is 28.8 Å². The molecule has 0 spiro atoms. The van der Waals surface area contributed by atoms with Crippen LogP contribution in [0.3, 0.4) is 0 Å². The highest BCUT2D eigenvalue weighted by molar-refractivity contribution is 6.33. The third-order valence-corrected chi connectivity index (χ3v) is 5.10. The van der Waals surface area contributed by atoms with Gasteiger partial charge >= 0.3 is 0 Å². The number of nitro groups is 1. The summed E-state index contributed by atoms with van der Waals surface area (Å²) in [5, 5.41) is 15.3. The number of piperidine rings is 1. The number of non-ortho nitro benzene ring substituents is 1. The number of rotatable bonds is 4. The van der Waals surface area contributed by atoms with Gasteiger partial charge in [-0.1, -0.05) is 16.8 Å². The van der Waals surface area contributed by atoms with Crippen molar-refractivity contribution in [2.24, 2.45) is 0 Å². The Labute approximate surface area is 164 Å². The molecule has 0 bridgehead atoms. The highest BCUT2D eigenvalue weighted by Gasteiger charge is 2.28. The second-order valence-corrected chi connectivity index (χ2v) is 7.05. The molecule has 1 aliphatic heterocycles. The van der Waals surface area contributed by atoms with E-state index in [1.165, 1.54) is 24.3 Å². The Kier molecular flexibility index (Phi) is 4.95. The van der Waals surface area contributed by atoms with Crippen molar-refractivity contribution in [1.29, 1.82) is 0 Å². The molecule has 2 heterocycles. The fraction of sp³-hybridized carbons (Fsp3) is 0.263. The van der Waals surface area contributed by atoms with E-state index in [-0.39, 0.29) is 17.4 Å². The Balaban J connectivity index is 1.53. The highest BCUT2D eigenvalue weighted by Crippen LogP contribution is 2.35. The van der Waals surface area contributed by atoms with E-state index in [9.17, 15) is 14.5 Å².